The zero-order valence-electron chi connectivity index (χ0n) is 8.44. The van der Waals surface area contributed by atoms with Gasteiger partial charge in [0.25, 0.3) is 5.91 Å². The van der Waals surface area contributed by atoms with Gasteiger partial charge in [-0.2, -0.15) is 5.48 Å². The van der Waals surface area contributed by atoms with Crippen LogP contribution in [0.2, 0.25) is 0 Å². The van der Waals surface area contributed by atoms with Crippen molar-refractivity contribution in [3.63, 3.8) is 0 Å². The van der Waals surface area contributed by atoms with Crippen LogP contribution in [0.15, 0.2) is 12.7 Å². The van der Waals surface area contributed by atoms with Gasteiger partial charge in [-0.05, 0) is 13.0 Å². The van der Waals surface area contributed by atoms with Crippen molar-refractivity contribution in [1.29, 1.82) is 0 Å². The van der Waals surface area contributed by atoms with Crippen LogP contribution in [-0.4, -0.2) is 37.3 Å². The lowest BCUT2D eigenvalue weighted by molar-refractivity contribution is -0.164. The van der Waals surface area contributed by atoms with E-state index in [4.69, 9.17) is 5.11 Å². The molecule has 0 aromatic heterocycles. The predicted molar refractivity (Wildman–Crippen MR) is 49.0 cm³/mol. The summed E-state index contributed by atoms with van der Waals surface area (Å²) in [7, 11) is 3.25. The molecule has 0 rings (SSSR count). The van der Waals surface area contributed by atoms with E-state index in [1.165, 1.54) is 6.92 Å². The Labute approximate surface area is 82.5 Å². The maximum atomic E-state index is 10.4. The van der Waals surface area contributed by atoms with Crippen molar-refractivity contribution in [2.24, 2.45) is 0 Å². The SMILES string of the molecule is C=CC(=O)NOC(=O)C(C)O.COC. The molecule has 0 aliphatic rings. The Morgan fingerprint density at radius 1 is 1.50 bits per heavy atom. The molecule has 0 bridgehead atoms. The zero-order chi connectivity index (χ0) is 11.6. The van der Waals surface area contributed by atoms with Crippen LogP contribution >= 0.6 is 0 Å². The fourth-order valence-electron chi connectivity index (χ4n) is 0.228. The Kier molecular flexibility index (Phi) is 10.4. The molecule has 0 saturated heterocycles. The van der Waals surface area contributed by atoms with Crippen molar-refractivity contribution in [1.82, 2.24) is 5.48 Å². The van der Waals surface area contributed by atoms with Crippen molar-refractivity contribution < 1.29 is 24.3 Å². The first-order chi connectivity index (χ1) is 6.49. The molecule has 0 aromatic carbocycles. The molecule has 1 atom stereocenters. The van der Waals surface area contributed by atoms with Gasteiger partial charge in [0.05, 0.1) is 0 Å². The molecule has 0 saturated carbocycles. The molecule has 1 unspecified atom stereocenters. The number of hydrogen-bond donors (Lipinski definition) is 2. The molecule has 82 valence electrons. The topological polar surface area (TPSA) is 84.9 Å². The first-order valence-electron chi connectivity index (χ1n) is 3.70. The highest BCUT2D eigenvalue weighted by atomic mass is 16.7. The van der Waals surface area contributed by atoms with Gasteiger partial charge in [-0.15, -0.1) is 0 Å². The Bertz CT molecular complexity index is 190. The van der Waals surface area contributed by atoms with Gasteiger partial charge in [0, 0.05) is 14.2 Å². The third-order valence-electron chi connectivity index (χ3n) is 0.779. The van der Waals surface area contributed by atoms with E-state index >= 15 is 0 Å². The van der Waals surface area contributed by atoms with E-state index < -0.39 is 18.0 Å². The van der Waals surface area contributed by atoms with E-state index in [1.807, 2.05) is 0 Å². The van der Waals surface area contributed by atoms with Gasteiger partial charge in [0.1, 0.15) is 0 Å². The summed E-state index contributed by atoms with van der Waals surface area (Å²) in [6.45, 7) is 4.34. The van der Waals surface area contributed by atoms with Crippen LogP contribution in [0.1, 0.15) is 6.92 Å². The van der Waals surface area contributed by atoms with Gasteiger partial charge < -0.3 is 14.7 Å². The maximum absolute atomic E-state index is 10.4. The van der Waals surface area contributed by atoms with Crippen LogP contribution in [0.4, 0.5) is 0 Å². The number of nitrogens with one attached hydrogen (secondary N) is 1. The van der Waals surface area contributed by atoms with Gasteiger partial charge in [-0.3, -0.25) is 4.79 Å². The lowest BCUT2D eigenvalue weighted by Gasteiger charge is -2.03. The highest BCUT2D eigenvalue weighted by molar-refractivity contribution is 5.87. The van der Waals surface area contributed by atoms with Crippen LogP contribution < -0.4 is 5.48 Å². The number of carbonyl (C=O) groups excluding carboxylic acids is 2. The summed E-state index contributed by atoms with van der Waals surface area (Å²) in [5.41, 5.74) is 1.75. The lowest BCUT2D eigenvalue weighted by Crippen LogP contribution is -2.30. The van der Waals surface area contributed by atoms with Crippen molar-refractivity contribution in [3.8, 4) is 0 Å². The Balaban J connectivity index is 0. The molecule has 0 aliphatic heterocycles. The second-order valence-corrected chi connectivity index (χ2v) is 2.18. The molecule has 0 spiro atoms. The van der Waals surface area contributed by atoms with Crippen LogP contribution in [0.25, 0.3) is 0 Å². The third kappa shape index (κ3) is 10.6. The number of methoxy groups -OCH3 is 1. The van der Waals surface area contributed by atoms with Crippen LogP contribution in [-0.2, 0) is 19.2 Å². The average Bonchev–Trinajstić information content (AvgIpc) is 2.14. The van der Waals surface area contributed by atoms with Crippen molar-refractivity contribution in [3.05, 3.63) is 12.7 Å². The summed E-state index contributed by atoms with van der Waals surface area (Å²) >= 11 is 0. The molecule has 2 N–H and O–H groups in total. The number of ether oxygens (including phenoxy) is 1. The van der Waals surface area contributed by atoms with E-state index in [9.17, 15) is 9.59 Å². The highest BCUT2D eigenvalue weighted by Gasteiger charge is 2.10. The highest BCUT2D eigenvalue weighted by Crippen LogP contribution is 1.82. The number of hydrogen-bond acceptors (Lipinski definition) is 5. The van der Waals surface area contributed by atoms with Crippen LogP contribution in [0.5, 0.6) is 0 Å². The quantitative estimate of drug-likeness (QED) is 0.464. The Morgan fingerprint density at radius 2 is 1.93 bits per heavy atom. The van der Waals surface area contributed by atoms with Gasteiger partial charge in [0.2, 0.25) is 0 Å². The maximum Gasteiger partial charge on any atom is 0.360 e. The summed E-state index contributed by atoms with van der Waals surface area (Å²) in [5.74, 6) is -1.56. The molecule has 14 heavy (non-hydrogen) atoms. The summed E-state index contributed by atoms with van der Waals surface area (Å²) in [6, 6.07) is 0. The molecule has 0 radical (unpaired) electrons. The van der Waals surface area contributed by atoms with Crippen molar-refractivity contribution in [2.75, 3.05) is 14.2 Å². The number of aliphatic hydroxyl groups is 1. The number of hydroxylamine groups is 1. The summed E-state index contributed by atoms with van der Waals surface area (Å²) < 4.78 is 4.25. The molecule has 0 aliphatic carbocycles. The average molecular weight is 205 g/mol. The Morgan fingerprint density at radius 3 is 2.21 bits per heavy atom. The molecule has 1 amide bonds. The van der Waals surface area contributed by atoms with E-state index in [0.717, 1.165) is 6.08 Å². The minimum atomic E-state index is -1.25. The van der Waals surface area contributed by atoms with E-state index in [-0.39, 0.29) is 0 Å². The van der Waals surface area contributed by atoms with Gasteiger partial charge >= 0.3 is 5.97 Å². The monoisotopic (exact) mass is 205 g/mol. The molecule has 0 heterocycles. The standard InChI is InChI=1S/C6H9NO4.C2H6O/c1-3-5(9)7-11-6(10)4(2)8;1-3-2/h3-4,8H,1H2,2H3,(H,7,9);1-2H3. The molecule has 6 heteroatoms. The van der Waals surface area contributed by atoms with Gasteiger partial charge in [0.15, 0.2) is 6.10 Å². The number of carbonyl (C=O) groups is 2. The van der Waals surface area contributed by atoms with Crippen molar-refractivity contribution >= 4 is 11.9 Å². The summed E-state index contributed by atoms with van der Waals surface area (Å²) in [6.07, 6.45) is -0.310. The van der Waals surface area contributed by atoms with Gasteiger partial charge in [-0.1, -0.05) is 6.58 Å². The number of rotatable bonds is 2. The molecular formula is C8H15NO5. The second-order valence-electron chi connectivity index (χ2n) is 2.18. The molecular weight excluding hydrogens is 190 g/mol. The van der Waals surface area contributed by atoms with Crippen molar-refractivity contribution in [2.45, 2.75) is 13.0 Å². The third-order valence-corrected chi connectivity index (χ3v) is 0.779. The minimum absolute atomic E-state index is 0.640. The number of amides is 1. The van der Waals surface area contributed by atoms with E-state index in [1.54, 1.807) is 19.7 Å². The largest absolute Gasteiger partial charge is 0.388 e. The fourth-order valence-corrected chi connectivity index (χ4v) is 0.228. The Hall–Kier alpha value is -1.40. The first kappa shape index (κ1) is 15.1. The minimum Gasteiger partial charge on any atom is -0.388 e. The first-order valence-corrected chi connectivity index (χ1v) is 3.70. The smallest absolute Gasteiger partial charge is 0.360 e. The molecule has 6 nitrogen and oxygen atoms in total. The van der Waals surface area contributed by atoms with Gasteiger partial charge in [-0.25, -0.2) is 4.79 Å². The van der Waals surface area contributed by atoms with Crippen LogP contribution in [0.3, 0.4) is 0 Å². The summed E-state index contributed by atoms with van der Waals surface area (Å²) in [5, 5.41) is 8.55. The second kappa shape index (κ2) is 9.69. The predicted octanol–water partition coefficient (Wildman–Crippen LogP) is -0.610. The van der Waals surface area contributed by atoms with Crippen LogP contribution in [0, 0.1) is 0 Å². The zero-order valence-corrected chi connectivity index (χ0v) is 8.44. The fraction of sp³-hybridized carbons (Fsp3) is 0.500. The number of aliphatic hydroxyl groups excluding tert-OH is 1. The molecule has 0 fully saturated rings. The van der Waals surface area contributed by atoms with E-state index in [0.29, 0.717) is 0 Å². The summed E-state index contributed by atoms with van der Waals surface area (Å²) in [4.78, 5) is 24.9. The lowest BCUT2D eigenvalue weighted by atomic mass is 10.4. The molecule has 0 aromatic rings. The van der Waals surface area contributed by atoms with E-state index in [2.05, 4.69) is 16.2 Å². The normalized spacial score (nSPS) is 10.3.